The average Bonchev–Trinajstić information content (AvgIpc) is 2.74. The van der Waals surface area contributed by atoms with Crippen LogP contribution in [0, 0.1) is 6.92 Å². The van der Waals surface area contributed by atoms with Gasteiger partial charge >= 0.3 is 11.9 Å². The summed E-state index contributed by atoms with van der Waals surface area (Å²) in [5.41, 5.74) is 7.73. The van der Waals surface area contributed by atoms with Crippen LogP contribution in [0.3, 0.4) is 0 Å². The first-order chi connectivity index (χ1) is 14.4. The van der Waals surface area contributed by atoms with Crippen molar-refractivity contribution in [1.82, 2.24) is 4.98 Å². The van der Waals surface area contributed by atoms with Crippen LogP contribution >= 0.6 is 0 Å². The van der Waals surface area contributed by atoms with Crippen LogP contribution in [0.2, 0.25) is 0 Å². The van der Waals surface area contributed by atoms with Crippen molar-refractivity contribution in [3.63, 3.8) is 0 Å². The summed E-state index contributed by atoms with van der Waals surface area (Å²) in [7, 11) is 0. The minimum Gasteiger partial charge on any atom is -0.479 e. The van der Waals surface area contributed by atoms with Crippen molar-refractivity contribution in [3.05, 3.63) is 65.9 Å². The van der Waals surface area contributed by atoms with Gasteiger partial charge in [-0.3, -0.25) is 4.98 Å². The second kappa shape index (κ2) is 9.05. The predicted molar refractivity (Wildman–Crippen MR) is 116 cm³/mol. The average molecular weight is 406 g/mol. The molecule has 3 rings (SSSR count). The highest BCUT2D eigenvalue weighted by atomic mass is 16.5. The minimum atomic E-state index is -2.20. The van der Waals surface area contributed by atoms with E-state index in [1.807, 2.05) is 61.5 Å². The number of carboxylic acid groups (broad SMARTS) is 1. The number of rotatable bonds is 8. The van der Waals surface area contributed by atoms with Gasteiger partial charge in [-0.05, 0) is 36.1 Å². The van der Waals surface area contributed by atoms with Crippen LogP contribution in [-0.2, 0) is 20.7 Å². The molecule has 3 N–H and O–H groups in total. The number of para-hydroxylation sites is 1. The molecular formula is C24H26N2O4. The van der Waals surface area contributed by atoms with Crippen LogP contribution < -0.4 is 5.73 Å². The van der Waals surface area contributed by atoms with Crippen molar-refractivity contribution in [1.29, 1.82) is 0 Å². The molecule has 30 heavy (non-hydrogen) atoms. The Hall–Kier alpha value is -3.25. The van der Waals surface area contributed by atoms with E-state index in [-0.39, 0.29) is 13.0 Å². The lowest BCUT2D eigenvalue weighted by Crippen LogP contribution is -2.57. The highest BCUT2D eigenvalue weighted by Gasteiger charge is 2.45. The monoisotopic (exact) mass is 406 g/mol. The van der Waals surface area contributed by atoms with Gasteiger partial charge in [-0.25, -0.2) is 9.59 Å². The van der Waals surface area contributed by atoms with Crippen molar-refractivity contribution in [2.45, 2.75) is 38.6 Å². The molecule has 156 valence electrons. The molecule has 6 heteroatoms. The summed E-state index contributed by atoms with van der Waals surface area (Å²) in [6, 6.07) is 17.3. The van der Waals surface area contributed by atoms with Crippen LogP contribution in [-0.4, -0.2) is 34.2 Å². The number of aryl methyl sites for hydroxylation is 1. The van der Waals surface area contributed by atoms with E-state index in [9.17, 15) is 14.7 Å². The van der Waals surface area contributed by atoms with E-state index in [1.54, 1.807) is 6.92 Å². The Bertz CT molecular complexity index is 1070. The molecule has 3 aromatic rings. The smallest absolute Gasteiger partial charge is 0.338 e. The molecule has 1 aromatic heterocycles. The Kier molecular flexibility index (Phi) is 6.47. The quantitative estimate of drug-likeness (QED) is 0.334. The largest absolute Gasteiger partial charge is 0.479 e. The molecule has 0 fully saturated rings. The Labute approximate surface area is 175 Å². The molecule has 2 aromatic carbocycles. The topological polar surface area (TPSA) is 103 Å². The highest BCUT2D eigenvalue weighted by Crippen LogP contribution is 2.35. The molecule has 0 aliphatic rings. The summed E-state index contributed by atoms with van der Waals surface area (Å²) in [5, 5.41) is 10.7. The first-order valence-electron chi connectivity index (χ1n) is 10.0. The summed E-state index contributed by atoms with van der Waals surface area (Å²) >= 11 is 0. The summed E-state index contributed by atoms with van der Waals surface area (Å²) < 4.78 is 5.19. The molecule has 1 unspecified atom stereocenters. The van der Waals surface area contributed by atoms with Gasteiger partial charge < -0.3 is 15.6 Å². The van der Waals surface area contributed by atoms with Crippen LogP contribution in [0.5, 0.6) is 0 Å². The molecule has 1 heterocycles. The number of nitrogens with two attached hydrogens (primary N) is 1. The number of carbonyl (C=O) groups is 2. The first-order valence-corrected chi connectivity index (χ1v) is 10.0. The van der Waals surface area contributed by atoms with Crippen LogP contribution in [0.1, 0.15) is 31.0 Å². The molecule has 0 aliphatic heterocycles. The number of benzene rings is 2. The number of esters is 1. The lowest BCUT2D eigenvalue weighted by Gasteiger charge is -2.25. The molecule has 6 nitrogen and oxygen atoms in total. The molecular weight excluding hydrogens is 380 g/mol. The number of aliphatic carboxylic acids is 1. The van der Waals surface area contributed by atoms with Gasteiger partial charge in [0.05, 0.1) is 12.1 Å². The molecule has 0 aliphatic carbocycles. The number of unbranched alkanes of at least 4 members (excludes halogenated alkanes) is 1. The zero-order valence-electron chi connectivity index (χ0n) is 17.2. The standard InChI is InChI=1S/C24H26N2O4/c1-3-4-14-30-23(29)24(25,22(27)28)15-19-16(2)26-20-13-9-8-12-18(20)21(19)17-10-6-5-7-11-17/h5-13H,3-4,14-15,25H2,1-2H3,(H,27,28). The third-order valence-electron chi connectivity index (χ3n) is 5.20. The van der Waals surface area contributed by atoms with Gasteiger partial charge in [-0.2, -0.15) is 0 Å². The third kappa shape index (κ3) is 4.19. The molecule has 0 amide bonds. The van der Waals surface area contributed by atoms with Crippen molar-refractivity contribution < 1.29 is 19.4 Å². The summed E-state index contributed by atoms with van der Waals surface area (Å²) in [4.78, 5) is 29.4. The fraction of sp³-hybridized carbons (Fsp3) is 0.292. The SMILES string of the molecule is CCCCOC(=O)C(N)(Cc1c(C)nc2ccccc2c1-c1ccccc1)C(=O)O. The van der Waals surface area contributed by atoms with Gasteiger partial charge in [0.2, 0.25) is 5.54 Å². The number of hydrogen-bond acceptors (Lipinski definition) is 5. The number of carbonyl (C=O) groups excluding carboxylic acids is 1. The number of pyridine rings is 1. The Morgan fingerprint density at radius 3 is 2.43 bits per heavy atom. The summed E-state index contributed by atoms with van der Waals surface area (Å²) in [6.45, 7) is 3.90. The summed E-state index contributed by atoms with van der Waals surface area (Å²) in [6.07, 6.45) is 1.25. The Morgan fingerprint density at radius 2 is 1.77 bits per heavy atom. The third-order valence-corrected chi connectivity index (χ3v) is 5.20. The Balaban J connectivity index is 2.16. The van der Waals surface area contributed by atoms with Crippen molar-refractivity contribution in [3.8, 4) is 11.1 Å². The first kappa shape index (κ1) is 21.5. The number of fused-ring (bicyclic) bond motifs is 1. The zero-order chi connectivity index (χ0) is 21.7. The van der Waals surface area contributed by atoms with E-state index < -0.39 is 17.5 Å². The maximum absolute atomic E-state index is 12.7. The van der Waals surface area contributed by atoms with E-state index in [0.717, 1.165) is 28.5 Å². The molecule has 0 bridgehead atoms. The number of hydrogen-bond donors (Lipinski definition) is 2. The number of aromatic nitrogens is 1. The Morgan fingerprint density at radius 1 is 1.10 bits per heavy atom. The van der Waals surface area contributed by atoms with Gasteiger partial charge in [0.25, 0.3) is 0 Å². The fourth-order valence-electron chi connectivity index (χ4n) is 3.48. The molecule has 1 atom stereocenters. The fourth-order valence-corrected chi connectivity index (χ4v) is 3.48. The molecule has 0 spiro atoms. The van der Waals surface area contributed by atoms with Gasteiger partial charge in [0, 0.05) is 17.5 Å². The highest BCUT2D eigenvalue weighted by molar-refractivity contribution is 6.05. The lowest BCUT2D eigenvalue weighted by atomic mass is 9.85. The predicted octanol–water partition coefficient (Wildman–Crippen LogP) is 3.88. The van der Waals surface area contributed by atoms with E-state index in [1.165, 1.54) is 0 Å². The molecule has 0 saturated carbocycles. The second-order valence-electron chi connectivity index (χ2n) is 7.38. The molecule has 0 saturated heterocycles. The number of ether oxygens (including phenoxy) is 1. The van der Waals surface area contributed by atoms with Crippen LogP contribution in [0.15, 0.2) is 54.6 Å². The normalized spacial score (nSPS) is 13.0. The van der Waals surface area contributed by atoms with E-state index in [0.29, 0.717) is 17.7 Å². The van der Waals surface area contributed by atoms with Crippen molar-refractivity contribution in [2.24, 2.45) is 5.73 Å². The van der Waals surface area contributed by atoms with Gasteiger partial charge in [0.1, 0.15) is 0 Å². The lowest BCUT2D eigenvalue weighted by molar-refractivity contribution is -0.161. The van der Waals surface area contributed by atoms with Crippen LogP contribution in [0.4, 0.5) is 0 Å². The van der Waals surface area contributed by atoms with Crippen LogP contribution in [0.25, 0.3) is 22.0 Å². The van der Waals surface area contributed by atoms with E-state index >= 15 is 0 Å². The van der Waals surface area contributed by atoms with Crippen molar-refractivity contribution in [2.75, 3.05) is 6.61 Å². The minimum absolute atomic E-state index is 0.141. The number of carboxylic acids is 1. The molecule has 0 radical (unpaired) electrons. The van der Waals surface area contributed by atoms with Gasteiger partial charge in [-0.1, -0.05) is 61.9 Å². The second-order valence-corrected chi connectivity index (χ2v) is 7.38. The summed E-state index contributed by atoms with van der Waals surface area (Å²) in [5.74, 6) is -2.36. The van der Waals surface area contributed by atoms with E-state index in [2.05, 4.69) is 4.98 Å². The zero-order valence-corrected chi connectivity index (χ0v) is 17.2. The van der Waals surface area contributed by atoms with Gasteiger partial charge in [-0.15, -0.1) is 0 Å². The van der Waals surface area contributed by atoms with Gasteiger partial charge in [0.15, 0.2) is 0 Å². The maximum atomic E-state index is 12.7. The van der Waals surface area contributed by atoms with Crippen molar-refractivity contribution >= 4 is 22.8 Å². The maximum Gasteiger partial charge on any atom is 0.338 e. The number of nitrogens with zero attached hydrogens (tertiary/aromatic N) is 1. The van der Waals surface area contributed by atoms with E-state index in [4.69, 9.17) is 10.5 Å².